The average Bonchev–Trinajstić information content (AvgIpc) is 2.45. The van der Waals surface area contributed by atoms with Crippen LogP contribution in [0.15, 0.2) is 59.6 Å². The van der Waals surface area contributed by atoms with Crippen molar-refractivity contribution in [1.29, 1.82) is 0 Å². The molecular formula is C15H16FN3O. The van der Waals surface area contributed by atoms with Crippen LogP contribution in [-0.2, 0) is 0 Å². The van der Waals surface area contributed by atoms with E-state index in [1.807, 2.05) is 30.3 Å². The van der Waals surface area contributed by atoms with Crippen LogP contribution in [0.2, 0.25) is 0 Å². The molecule has 0 aliphatic heterocycles. The molecular weight excluding hydrogens is 257 g/mol. The van der Waals surface area contributed by atoms with Gasteiger partial charge in [-0.1, -0.05) is 24.3 Å². The summed E-state index contributed by atoms with van der Waals surface area (Å²) in [5, 5.41) is 2.96. The second kappa shape index (κ2) is 7.13. The van der Waals surface area contributed by atoms with Gasteiger partial charge in [0.05, 0.1) is 6.54 Å². The highest BCUT2D eigenvalue weighted by atomic mass is 19.1. The van der Waals surface area contributed by atoms with Gasteiger partial charge in [0.15, 0.2) is 5.96 Å². The minimum absolute atomic E-state index is 0.319. The van der Waals surface area contributed by atoms with Crippen molar-refractivity contribution in [2.24, 2.45) is 10.7 Å². The predicted molar refractivity (Wildman–Crippen MR) is 78.4 cm³/mol. The zero-order chi connectivity index (χ0) is 14.2. The lowest BCUT2D eigenvalue weighted by Crippen LogP contribution is -2.23. The number of hydrogen-bond acceptors (Lipinski definition) is 2. The van der Waals surface area contributed by atoms with Crippen LogP contribution < -0.4 is 15.8 Å². The zero-order valence-corrected chi connectivity index (χ0v) is 10.9. The number of guanidine groups is 1. The van der Waals surface area contributed by atoms with Gasteiger partial charge in [0.2, 0.25) is 0 Å². The van der Waals surface area contributed by atoms with Crippen LogP contribution in [0, 0.1) is 5.82 Å². The van der Waals surface area contributed by atoms with E-state index in [0.29, 0.717) is 24.9 Å². The standard InChI is InChI=1S/C15H16FN3O/c16-12-5-4-8-14(11-12)20-10-9-18-15(17)19-13-6-2-1-3-7-13/h1-8,11H,9-10H2,(H3,17,18,19). The molecule has 0 atom stereocenters. The SMILES string of the molecule is NC(=NCCOc1cccc(F)c1)Nc1ccccc1. The van der Waals surface area contributed by atoms with Crippen molar-refractivity contribution in [2.75, 3.05) is 18.5 Å². The summed E-state index contributed by atoms with van der Waals surface area (Å²) < 4.78 is 18.3. The van der Waals surface area contributed by atoms with Crippen molar-refractivity contribution in [3.05, 3.63) is 60.4 Å². The Hall–Kier alpha value is -2.56. The topological polar surface area (TPSA) is 59.6 Å². The molecule has 2 rings (SSSR count). The summed E-state index contributed by atoms with van der Waals surface area (Å²) in [6, 6.07) is 15.5. The van der Waals surface area contributed by atoms with Gasteiger partial charge in [0.1, 0.15) is 18.2 Å². The molecule has 2 aromatic carbocycles. The maximum absolute atomic E-state index is 12.9. The summed E-state index contributed by atoms with van der Waals surface area (Å²) in [5.41, 5.74) is 6.61. The van der Waals surface area contributed by atoms with E-state index in [1.165, 1.54) is 12.1 Å². The van der Waals surface area contributed by atoms with E-state index < -0.39 is 0 Å². The zero-order valence-electron chi connectivity index (χ0n) is 10.9. The van der Waals surface area contributed by atoms with Crippen LogP contribution in [0.3, 0.4) is 0 Å². The molecule has 20 heavy (non-hydrogen) atoms. The van der Waals surface area contributed by atoms with Crippen LogP contribution in [0.1, 0.15) is 0 Å². The molecule has 0 aliphatic rings. The lowest BCUT2D eigenvalue weighted by molar-refractivity contribution is 0.327. The van der Waals surface area contributed by atoms with E-state index in [4.69, 9.17) is 10.5 Å². The number of halogens is 1. The van der Waals surface area contributed by atoms with Gasteiger partial charge < -0.3 is 15.8 Å². The smallest absolute Gasteiger partial charge is 0.193 e. The molecule has 0 aliphatic carbocycles. The van der Waals surface area contributed by atoms with Gasteiger partial charge in [0, 0.05) is 11.8 Å². The Morgan fingerprint density at radius 3 is 2.70 bits per heavy atom. The lowest BCUT2D eigenvalue weighted by atomic mass is 10.3. The third-order valence-electron chi connectivity index (χ3n) is 2.48. The van der Waals surface area contributed by atoms with Crippen molar-refractivity contribution in [3.63, 3.8) is 0 Å². The number of benzene rings is 2. The number of aliphatic imine (C=N–C) groups is 1. The van der Waals surface area contributed by atoms with E-state index in [0.717, 1.165) is 5.69 Å². The number of para-hydroxylation sites is 1. The Balaban J connectivity index is 1.76. The fourth-order valence-electron chi connectivity index (χ4n) is 1.60. The van der Waals surface area contributed by atoms with Crippen molar-refractivity contribution in [2.45, 2.75) is 0 Å². The average molecular weight is 273 g/mol. The second-order valence-electron chi connectivity index (χ2n) is 4.06. The molecule has 104 valence electrons. The van der Waals surface area contributed by atoms with E-state index in [1.54, 1.807) is 12.1 Å². The molecule has 0 heterocycles. The number of anilines is 1. The van der Waals surface area contributed by atoms with E-state index in [-0.39, 0.29) is 5.82 Å². The van der Waals surface area contributed by atoms with Gasteiger partial charge in [-0.2, -0.15) is 0 Å². The first-order valence-electron chi connectivity index (χ1n) is 6.24. The van der Waals surface area contributed by atoms with Crippen molar-refractivity contribution in [1.82, 2.24) is 0 Å². The first-order chi connectivity index (χ1) is 9.74. The molecule has 2 aromatic rings. The Bertz CT molecular complexity index is 572. The quantitative estimate of drug-likeness (QED) is 0.500. The summed E-state index contributed by atoms with van der Waals surface area (Å²) in [6.07, 6.45) is 0. The highest BCUT2D eigenvalue weighted by Gasteiger charge is 1.96. The monoisotopic (exact) mass is 273 g/mol. The third kappa shape index (κ3) is 4.61. The molecule has 0 aromatic heterocycles. The third-order valence-corrected chi connectivity index (χ3v) is 2.48. The highest BCUT2D eigenvalue weighted by molar-refractivity contribution is 5.92. The summed E-state index contributed by atoms with van der Waals surface area (Å²) >= 11 is 0. The predicted octanol–water partition coefficient (Wildman–Crippen LogP) is 2.63. The molecule has 0 saturated heterocycles. The second-order valence-corrected chi connectivity index (χ2v) is 4.06. The summed E-state index contributed by atoms with van der Waals surface area (Å²) in [6.45, 7) is 0.725. The largest absolute Gasteiger partial charge is 0.492 e. The molecule has 0 amide bonds. The molecule has 3 N–H and O–H groups in total. The Labute approximate surface area is 117 Å². The van der Waals surface area contributed by atoms with Crippen molar-refractivity contribution < 1.29 is 9.13 Å². The Morgan fingerprint density at radius 2 is 1.95 bits per heavy atom. The minimum atomic E-state index is -0.323. The molecule has 0 saturated carbocycles. The van der Waals surface area contributed by atoms with Gasteiger partial charge in [-0.25, -0.2) is 9.38 Å². The molecule has 0 bridgehead atoms. The van der Waals surface area contributed by atoms with Crippen molar-refractivity contribution >= 4 is 11.6 Å². The summed E-state index contributed by atoms with van der Waals surface area (Å²) in [5.74, 6) is 0.477. The minimum Gasteiger partial charge on any atom is -0.492 e. The number of ether oxygens (including phenoxy) is 1. The first-order valence-corrected chi connectivity index (χ1v) is 6.24. The van der Waals surface area contributed by atoms with Gasteiger partial charge in [0.25, 0.3) is 0 Å². The van der Waals surface area contributed by atoms with Crippen molar-refractivity contribution in [3.8, 4) is 5.75 Å². The maximum Gasteiger partial charge on any atom is 0.193 e. The number of hydrogen-bond donors (Lipinski definition) is 2. The Kier molecular flexibility index (Phi) is 4.94. The molecule has 4 nitrogen and oxygen atoms in total. The van der Waals surface area contributed by atoms with Crippen LogP contribution in [-0.4, -0.2) is 19.1 Å². The molecule has 5 heteroatoms. The number of nitrogens with one attached hydrogen (secondary N) is 1. The summed E-state index contributed by atoms with van der Waals surface area (Å²) in [7, 11) is 0. The number of nitrogens with two attached hydrogens (primary N) is 1. The van der Waals surface area contributed by atoms with E-state index >= 15 is 0 Å². The number of nitrogens with zero attached hydrogens (tertiary/aromatic N) is 1. The normalized spacial score (nSPS) is 11.2. The van der Waals surface area contributed by atoms with E-state index in [2.05, 4.69) is 10.3 Å². The number of rotatable bonds is 5. The summed E-state index contributed by atoms with van der Waals surface area (Å²) in [4.78, 5) is 4.12. The molecule has 0 radical (unpaired) electrons. The Morgan fingerprint density at radius 1 is 1.15 bits per heavy atom. The molecule has 0 fully saturated rings. The molecule has 0 spiro atoms. The fraction of sp³-hybridized carbons (Fsp3) is 0.133. The van der Waals surface area contributed by atoms with Crippen LogP contribution in [0.25, 0.3) is 0 Å². The van der Waals surface area contributed by atoms with Crippen LogP contribution >= 0.6 is 0 Å². The van der Waals surface area contributed by atoms with Crippen LogP contribution in [0.4, 0.5) is 10.1 Å². The van der Waals surface area contributed by atoms with Gasteiger partial charge >= 0.3 is 0 Å². The maximum atomic E-state index is 12.9. The van der Waals surface area contributed by atoms with Crippen LogP contribution in [0.5, 0.6) is 5.75 Å². The van der Waals surface area contributed by atoms with E-state index in [9.17, 15) is 4.39 Å². The van der Waals surface area contributed by atoms with Gasteiger partial charge in [-0.05, 0) is 24.3 Å². The molecule has 0 unspecified atom stereocenters. The van der Waals surface area contributed by atoms with Gasteiger partial charge in [-0.15, -0.1) is 0 Å². The van der Waals surface area contributed by atoms with Gasteiger partial charge in [-0.3, -0.25) is 0 Å². The fourth-order valence-corrected chi connectivity index (χ4v) is 1.60. The highest BCUT2D eigenvalue weighted by Crippen LogP contribution is 2.11. The lowest BCUT2D eigenvalue weighted by Gasteiger charge is -2.06. The first kappa shape index (κ1) is 13.9.